The molecular formula is C19H17BrFN5O3. The zero-order valence-corrected chi connectivity index (χ0v) is 16.9. The fourth-order valence-electron chi connectivity index (χ4n) is 2.57. The van der Waals surface area contributed by atoms with Gasteiger partial charge in [-0.05, 0) is 57.0 Å². The largest absolute Gasteiger partial charge is 0.497 e. The van der Waals surface area contributed by atoms with Crippen LogP contribution in [0.25, 0.3) is 0 Å². The molecule has 0 fully saturated rings. The predicted molar refractivity (Wildman–Crippen MR) is 108 cm³/mol. The number of amidine groups is 1. The molecule has 8 nitrogen and oxygen atoms in total. The van der Waals surface area contributed by atoms with Gasteiger partial charge < -0.3 is 10.1 Å². The molecule has 29 heavy (non-hydrogen) atoms. The summed E-state index contributed by atoms with van der Waals surface area (Å²) < 4.78 is 23.5. The SMILES string of the molecule is COc1ccc(CC(=N)Cc2nonc2C(=Nc2ccc(F)c(Br)c2)NO)cc1. The van der Waals surface area contributed by atoms with Crippen LogP contribution in [-0.2, 0) is 12.8 Å². The molecule has 0 atom stereocenters. The van der Waals surface area contributed by atoms with Crippen LogP contribution in [0.4, 0.5) is 10.1 Å². The topological polar surface area (TPSA) is 117 Å². The molecule has 1 aromatic heterocycles. The van der Waals surface area contributed by atoms with E-state index < -0.39 is 5.82 Å². The maximum atomic E-state index is 13.4. The molecule has 0 bridgehead atoms. The Hall–Kier alpha value is -3.11. The highest BCUT2D eigenvalue weighted by Crippen LogP contribution is 2.23. The average molecular weight is 462 g/mol. The number of hydrogen-bond donors (Lipinski definition) is 3. The van der Waals surface area contributed by atoms with Gasteiger partial charge in [0.15, 0.2) is 11.5 Å². The van der Waals surface area contributed by atoms with E-state index >= 15 is 0 Å². The fourth-order valence-corrected chi connectivity index (χ4v) is 2.94. The summed E-state index contributed by atoms with van der Waals surface area (Å²) in [7, 11) is 1.59. The molecule has 10 heteroatoms. The molecule has 0 unspecified atom stereocenters. The Morgan fingerprint density at radius 3 is 2.66 bits per heavy atom. The van der Waals surface area contributed by atoms with Gasteiger partial charge in [-0.1, -0.05) is 17.3 Å². The minimum absolute atomic E-state index is 0.0306. The van der Waals surface area contributed by atoms with Crippen LogP contribution in [0, 0.1) is 11.2 Å². The van der Waals surface area contributed by atoms with Gasteiger partial charge in [0.25, 0.3) is 0 Å². The zero-order chi connectivity index (χ0) is 20.8. The minimum Gasteiger partial charge on any atom is -0.497 e. The van der Waals surface area contributed by atoms with Gasteiger partial charge >= 0.3 is 0 Å². The smallest absolute Gasteiger partial charge is 0.182 e. The second-order valence-corrected chi connectivity index (χ2v) is 6.89. The van der Waals surface area contributed by atoms with E-state index in [0.29, 0.717) is 23.5 Å². The number of aliphatic imine (C=N–C) groups is 1. The first kappa shape index (κ1) is 20.6. The van der Waals surface area contributed by atoms with Crippen LogP contribution in [0.1, 0.15) is 17.0 Å². The standard InChI is InChI=1S/C19H17BrFN5O3/c1-28-14-5-2-11(3-6-14)8-12(22)9-17-18(26-29-25-17)19(24-27)23-13-4-7-16(21)15(20)10-13/h2-7,10,22,27H,8-9H2,1H3,(H,23,24). The molecule has 0 radical (unpaired) electrons. The summed E-state index contributed by atoms with van der Waals surface area (Å²) >= 11 is 3.08. The molecule has 3 N–H and O–H groups in total. The number of rotatable bonds is 7. The summed E-state index contributed by atoms with van der Waals surface area (Å²) in [5.74, 6) is 0.279. The van der Waals surface area contributed by atoms with Crippen molar-refractivity contribution in [3.63, 3.8) is 0 Å². The molecule has 2 aromatic carbocycles. The van der Waals surface area contributed by atoms with Crippen LogP contribution in [0.15, 0.2) is 56.6 Å². The van der Waals surface area contributed by atoms with E-state index in [2.05, 4.69) is 31.2 Å². The number of hydrogen-bond acceptors (Lipinski definition) is 7. The maximum Gasteiger partial charge on any atom is 0.182 e. The van der Waals surface area contributed by atoms with Crippen LogP contribution < -0.4 is 10.2 Å². The van der Waals surface area contributed by atoms with Crippen molar-refractivity contribution < 1.29 is 19.0 Å². The number of benzene rings is 2. The second kappa shape index (κ2) is 9.39. The van der Waals surface area contributed by atoms with Gasteiger partial charge in [-0.2, -0.15) is 0 Å². The predicted octanol–water partition coefficient (Wildman–Crippen LogP) is 3.84. The van der Waals surface area contributed by atoms with E-state index in [1.165, 1.54) is 18.2 Å². The molecule has 0 aliphatic heterocycles. The van der Waals surface area contributed by atoms with Gasteiger partial charge in [0.2, 0.25) is 0 Å². The summed E-state index contributed by atoms with van der Waals surface area (Å²) in [5.41, 5.74) is 4.14. The van der Waals surface area contributed by atoms with Crippen molar-refractivity contribution in [2.75, 3.05) is 7.11 Å². The van der Waals surface area contributed by atoms with E-state index in [1.807, 2.05) is 29.7 Å². The van der Waals surface area contributed by atoms with Gasteiger partial charge in [0.05, 0.1) is 17.3 Å². The first-order chi connectivity index (χ1) is 14.0. The second-order valence-electron chi connectivity index (χ2n) is 6.04. The first-order valence-corrected chi connectivity index (χ1v) is 9.24. The third-order valence-electron chi connectivity index (χ3n) is 3.99. The quantitative estimate of drug-likeness (QED) is 0.279. The summed E-state index contributed by atoms with van der Waals surface area (Å²) in [6.45, 7) is 0. The summed E-state index contributed by atoms with van der Waals surface area (Å²) in [4.78, 5) is 4.20. The summed E-state index contributed by atoms with van der Waals surface area (Å²) in [6.07, 6.45) is 0.554. The molecule has 0 saturated heterocycles. The number of nitrogens with zero attached hydrogens (tertiary/aromatic N) is 3. The summed E-state index contributed by atoms with van der Waals surface area (Å²) in [6, 6.07) is 11.5. The zero-order valence-electron chi connectivity index (χ0n) is 15.3. The van der Waals surface area contributed by atoms with Crippen molar-refractivity contribution in [2.24, 2.45) is 4.99 Å². The molecule has 0 spiro atoms. The van der Waals surface area contributed by atoms with Gasteiger partial charge in [-0.3, -0.25) is 10.7 Å². The molecule has 0 aliphatic carbocycles. The molecular weight excluding hydrogens is 445 g/mol. The van der Waals surface area contributed by atoms with E-state index in [9.17, 15) is 9.60 Å². The minimum atomic E-state index is -0.432. The monoisotopic (exact) mass is 461 g/mol. The lowest BCUT2D eigenvalue weighted by Gasteiger charge is -2.06. The van der Waals surface area contributed by atoms with Gasteiger partial charge in [-0.15, -0.1) is 0 Å². The molecule has 1 heterocycles. The number of halogens is 2. The Balaban J connectivity index is 1.76. The Kier molecular flexibility index (Phi) is 6.68. The molecule has 0 aliphatic rings. The lowest BCUT2D eigenvalue weighted by molar-refractivity contribution is 0.234. The Morgan fingerprint density at radius 2 is 2.00 bits per heavy atom. The van der Waals surface area contributed by atoms with Crippen molar-refractivity contribution in [3.05, 3.63) is 69.7 Å². The van der Waals surface area contributed by atoms with Crippen molar-refractivity contribution in [2.45, 2.75) is 12.8 Å². The lowest BCUT2D eigenvalue weighted by atomic mass is 10.0. The normalized spacial score (nSPS) is 11.4. The van der Waals surface area contributed by atoms with Gasteiger partial charge in [0.1, 0.15) is 17.3 Å². The number of hydroxylamine groups is 1. The molecule has 0 saturated carbocycles. The van der Waals surface area contributed by atoms with Crippen molar-refractivity contribution in [1.29, 1.82) is 5.41 Å². The maximum absolute atomic E-state index is 13.4. The Morgan fingerprint density at radius 1 is 1.24 bits per heavy atom. The van der Waals surface area contributed by atoms with E-state index in [0.717, 1.165) is 11.3 Å². The number of ether oxygens (including phenoxy) is 1. The lowest BCUT2D eigenvalue weighted by Crippen LogP contribution is -2.23. The van der Waals surface area contributed by atoms with Gasteiger partial charge in [0, 0.05) is 18.6 Å². The average Bonchev–Trinajstić information content (AvgIpc) is 3.17. The first-order valence-electron chi connectivity index (χ1n) is 8.45. The van der Waals surface area contributed by atoms with E-state index in [4.69, 9.17) is 14.8 Å². The third kappa shape index (κ3) is 5.24. The Labute approximate surface area is 174 Å². The highest BCUT2D eigenvalue weighted by atomic mass is 79.9. The van der Waals surface area contributed by atoms with E-state index in [-0.39, 0.29) is 22.4 Å². The van der Waals surface area contributed by atoms with Crippen LogP contribution >= 0.6 is 15.9 Å². The molecule has 150 valence electrons. The van der Waals surface area contributed by atoms with Crippen molar-refractivity contribution >= 4 is 33.2 Å². The van der Waals surface area contributed by atoms with Crippen LogP contribution in [0.3, 0.4) is 0 Å². The Bertz CT molecular complexity index is 1040. The highest BCUT2D eigenvalue weighted by molar-refractivity contribution is 9.10. The number of aromatic nitrogens is 2. The van der Waals surface area contributed by atoms with Crippen LogP contribution in [0.5, 0.6) is 5.75 Å². The highest BCUT2D eigenvalue weighted by Gasteiger charge is 2.18. The number of methoxy groups -OCH3 is 1. The number of nitrogens with one attached hydrogen (secondary N) is 2. The van der Waals surface area contributed by atoms with E-state index in [1.54, 1.807) is 7.11 Å². The molecule has 3 aromatic rings. The summed E-state index contributed by atoms with van der Waals surface area (Å²) in [5, 5.41) is 25.3. The van der Waals surface area contributed by atoms with Crippen LogP contribution in [-0.4, -0.2) is 34.2 Å². The van der Waals surface area contributed by atoms with Gasteiger partial charge in [-0.25, -0.2) is 14.0 Å². The fraction of sp³-hybridized carbons (Fsp3) is 0.158. The molecule has 3 rings (SSSR count). The van der Waals surface area contributed by atoms with Crippen molar-refractivity contribution in [3.8, 4) is 5.75 Å². The van der Waals surface area contributed by atoms with Crippen molar-refractivity contribution in [1.82, 2.24) is 15.8 Å². The third-order valence-corrected chi connectivity index (χ3v) is 4.60. The van der Waals surface area contributed by atoms with Crippen LogP contribution in [0.2, 0.25) is 0 Å². The molecule has 0 amide bonds.